The average molecular weight is 475 g/mol. The predicted molar refractivity (Wildman–Crippen MR) is 120 cm³/mol. The Balaban J connectivity index is 1.68. The summed E-state index contributed by atoms with van der Waals surface area (Å²) < 4.78 is 0. The molecule has 0 spiro atoms. The maximum atomic E-state index is 13.2. The number of carboxylic acids is 2. The summed E-state index contributed by atoms with van der Waals surface area (Å²) in [4.78, 5) is 63.0. The lowest BCUT2D eigenvalue weighted by atomic mass is 10.0. The standard InChI is InChI=1S/C23H30N4O7/c28-19(29)13-16(25-20(30)15-8-4-10-24-15)22(32)27-11-5-9-18(27)21(31)26-17(23(33)34)12-14-6-2-1-3-7-14/h1-3,6-7,15-18,24H,4-5,8-13H2,(H,25,30)(H,26,31)(H,28,29)(H,33,34). The zero-order chi connectivity index (χ0) is 24.7. The van der Waals surface area contributed by atoms with Crippen molar-refractivity contribution in [1.82, 2.24) is 20.9 Å². The maximum Gasteiger partial charge on any atom is 0.326 e. The van der Waals surface area contributed by atoms with Crippen LogP contribution in [0.15, 0.2) is 30.3 Å². The first kappa shape index (κ1) is 25.2. The first-order valence-corrected chi connectivity index (χ1v) is 11.4. The third-order valence-electron chi connectivity index (χ3n) is 6.11. The molecule has 0 aromatic heterocycles. The summed E-state index contributed by atoms with van der Waals surface area (Å²) in [7, 11) is 0. The monoisotopic (exact) mass is 474 g/mol. The van der Waals surface area contributed by atoms with Crippen molar-refractivity contribution >= 4 is 29.7 Å². The number of carboxylic acid groups (broad SMARTS) is 2. The van der Waals surface area contributed by atoms with Crippen LogP contribution in [0.1, 0.15) is 37.7 Å². The molecule has 3 amide bonds. The van der Waals surface area contributed by atoms with Gasteiger partial charge in [0, 0.05) is 13.0 Å². The summed E-state index contributed by atoms with van der Waals surface area (Å²) in [5.74, 6) is -4.19. The molecule has 2 saturated heterocycles. The average Bonchev–Trinajstić information content (AvgIpc) is 3.50. The van der Waals surface area contributed by atoms with Gasteiger partial charge < -0.3 is 31.1 Å². The van der Waals surface area contributed by atoms with Gasteiger partial charge in [-0.3, -0.25) is 19.2 Å². The van der Waals surface area contributed by atoms with Crippen LogP contribution in [0.4, 0.5) is 0 Å². The minimum Gasteiger partial charge on any atom is -0.481 e. The molecule has 34 heavy (non-hydrogen) atoms. The Morgan fingerprint density at radius 2 is 1.68 bits per heavy atom. The summed E-state index contributed by atoms with van der Waals surface area (Å²) >= 11 is 0. The van der Waals surface area contributed by atoms with Crippen LogP contribution in [-0.4, -0.2) is 82.0 Å². The lowest BCUT2D eigenvalue weighted by molar-refractivity contribution is -0.147. The molecule has 5 N–H and O–H groups in total. The van der Waals surface area contributed by atoms with Gasteiger partial charge in [-0.2, -0.15) is 0 Å². The molecule has 11 nitrogen and oxygen atoms in total. The van der Waals surface area contributed by atoms with Gasteiger partial charge >= 0.3 is 11.9 Å². The normalized spacial score (nSPS) is 21.5. The molecule has 4 unspecified atom stereocenters. The lowest BCUT2D eigenvalue weighted by Crippen LogP contribution is -2.57. The van der Waals surface area contributed by atoms with Crippen molar-refractivity contribution in [2.75, 3.05) is 13.1 Å². The zero-order valence-electron chi connectivity index (χ0n) is 18.7. The second-order valence-electron chi connectivity index (χ2n) is 8.59. The zero-order valence-corrected chi connectivity index (χ0v) is 18.7. The molecule has 2 aliphatic heterocycles. The highest BCUT2D eigenvalue weighted by Crippen LogP contribution is 2.20. The summed E-state index contributed by atoms with van der Waals surface area (Å²) in [5.41, 5.74) is 0.735. The van der Waals surface area contributed by atoms with E-state index in [0.29, 0.717) is 25.8 Å². The molecule has 11 heteroatoms. The Labute approximate surface area is 196 Å². The molecular formula is C23H30N4O7. The second-order valence-corrected chi connectivity index (χ2v) is 8.59. The number of rotatable bonds is 10. The Bertz CT molecular complexity index is 917. The first-order chi connectivity index (χ1) is 16.3. The number of amides is 3. The Kier molecular flexibility index (Phi) is 8.58. The van der Waals surface area contributed by atoms with Crippen LogP contribution in [0.3, 0.4) is 0 Å². The van der Waals surface area contributed by atoms with Crippen molar-refractivity contribution in [3.05, 3.63) is 35.9 Å². The topological polar surface area (TPSA) is 165 Å². The number of benzene rings is 1. The Morgan fingerprint density at radius 1 is 0.971 bits per heavy atom. The number of hydrogen-bond donors (Lipinski definition) is 5. The van der Waals surface area contributed by atoms with Crippen LogP contribution in [-0.2, 0) is 30.4 Å². The maximum absolute atomic E-state index is 13.2. The minimum atomic E-state index is -1.32. The van der Waals surface area contributed by atoms with Crippen LogP contribution in [0.5, 0.6) is 0 Å². The Hall–Kier alpha value is -3.47. The van der Waals surface area contributed by atoms with E-state index in [0.717, 1.165) is 12.0 Å². The van der Waals surface area contributed by atoms with Crippen LogP contribution >= 0.6 is 0 Å². The van der Waals surface area contributed by atoms with E-state index < -0.39 is 60.2 Å². The number of carbonyl (C=O) groups is 5. The number of likely N-dealkylation sites (tertiary alicyclic amines) is 1. The van der Waals surface area contributed by atoms with Crippen molar-refractivity contribution in [1.29, 1.82) is 0 Å². The van der Waals surface area contributed by atoms with Crippen LogP contribution in [0, 0.1) is 0 Å². The molecular weight excluding hydrogens is 444 g/mol. The molecule has 0 bridgehead atoms. The van der Waals surface area contributed by atoms with Gasteiger partial charge in [0.1, 0.15) is 18.1 Å². The van der Waals surface area contributed by atoms with Crippen molar-refractivity contribution in [2.45, 2.75) is 62.7 Å². The van der Waals surface area contributed by atoms with Crippen LogP contribution in [0.2, 0.25) is 0 Å². The summed E-state index contributed by atoms with van der Waals surface area (Å²) in [5, 5.41) is 26.9. The van der Waals surface area contributed by atoms with Gasteiger partial charge in [0.15, 0.2) is 0 Å². The van der Waals surface area contributed by atoms with Crippen molar-refractivity contribution in [2.24, 2.45) is 0 Å². The van der Waals surface area contributed by atoms with E-state index in [1.807, 2.05) is 0 Å². The molecule has 0 saturated carbocycles. The highest BCUT2D eigenvalue weighted by atomic mass is 16.4. The van der Waals surface area contributed by atoms with Gasteiger partial charge in [-0.05, 0) is 37.8 Å². The fraction of sp³-hybridized carbons (Fsp3) is 0.522. The molecule has 1 aromatic rings. The highest BCUT2D eigenvalue weighted by molar-refractivity contribution is 5.96. The van der Waals surface area contributed by atoms with Gasteiger partial charge in [0.2, 0.25) is 17.7 Å². The minimum absolute atomic E-state index is 0.0780. The first-order valence-electron chi connectivity index (χ1n) is 11.4. The van der Waals surface area contributed by atoms with Gasteiger partial charge in [-0.1, -0.05) is 30.3 Å². The quantitative estimate of drug-likeness (QED) is 0.303. The Morgan fingerprint density at radius 3 is 2.29 bits per heavy atom. The summed E-state index contributed by atoms with van der Waals surface area (Å²) in [6.45, 7) is 0.874. The van der Waals surface area contributed by atoms with E-state index in [2.05, 4.69) is 16.0 Å². The van der Waals surface area contributed by atoms with Crippen molar-refractivity contribution in [3.63, 3.8) is 0 Å². The molecule has 0 radical (unpaired) electrons. The molecule has 2 heterocycles. The third kappa shape index (κ3) is 6.53. The predicted octanol–water partition coefficient (Wildman–Crippen LogP) is -0.499. The fourth-order valence-electron chi connectivity index (χ4n) is 4.38. The van der Waals surface area contributed by atoms with Gasteiger partial charge in [-0.15, -0.1) is 0 Å². The van der Waals surface area contributed by atoms with Gasteiger partial charge in [0.05, 0.1) is 12.5 Å². The van der Waals surface area contributed by atoms with E-state index in [1.165, 1.54) is 4.90 Å². The fourth-order valence-corrected chi connectivity index (χ4v) is 4.38. The number of carbonyl (C=O) groups excluding carboxylic acids is 3. The molecule has 184 valence electrons. The third-order valence-corrected chi connectivity index (χ3v) is 6.11. The molecule has 1 aromatic carbocycles. The smallest absolute Gasteiger partial charge is 0.326 e. The van der Waals surface area contributed by atoms with E-state index >= 15 is 0 Å². The number of nitrogens with one attached hydrogen (secondary N) is 3. The van der Waals surface area contributed by atoms with Crippen molar-refractivity contribution in [3.8, 4) is 0 Å². The second kappa shape index (κ2) is 11.6. The van der Waals surface area contributed by atoms with Crippen molar-refractivity contribution < 1.29 is 34.2 Å². The van der Waals surface area contributed by atoms with Gasteiger partial charge in [0.25, 0.3) is 0 Å². The largest absolute Gasteiger partial charge is 0.481 e. The van der Waals surface area contributed by atoms with Gasteiger partial charge in [-0.25, -0.2) is 4.79 Å². The van der Waals surface area contributed by atoms with E-state index in [-0.39, 0.29) is 13.0 Å². The summed E-state index contributed by atoms with van der Waals surface area (Å²) in [6.07, 6.45) is 1.66. The SMILES string of the molecule is O=C(O)CC(NC(=O)C1CCCN1)C(=O)N1CCCC1C(=O)NC(Cc1ccccc1)C(=O)O. The molecule has 4 atom stereocenters. The van der Waals surface area contributed by atoms with E-state index in [9.17, 15) is 34.2 Å². The summed E-state index contributed by atoms with van der Waals surface area (Å²) in [6, 6.07) is 4.92. The number of hydrogen-bond acceptors (Lipinski definition) is 6. The highest BCUT2D eigenvalue weighted by Gasteiger charge is 2.40. The number of nitrogens with zero attached hydrogens (tertiary/aromatic N) is 1. The van der Waals surface area contributed by atoms with Crippen LogP contribution < -0.4 is 16.0 Å². The van der Waals surface area contributed by atoms with E-state index in [4.69, 9.17) is 0 Å². The molecule has 2 aliphatic rings. The van der Waals surface area contributed by atoms with E-state index in [1.54, 1.807) is 30.3 Å². The molecule has 0 aliphatic carbocycles. The van der Waals surface area contributed by atoms with Crippen LogP contribution in [0.25, 0.3) is 0 Å². The number of aliphatic carboxylic acids is 2. The lowest BCUT2D eigenvalue weighted by Gasteiger charge is -2.29. The molecule has 2 fully saturated rings. The molecule has 3 rings (SSSR count).